The van der Waals surface area contributed by atoms with Crippen LogP contribution in [0.5, 0.6) is 0 Å². The number of hydrogen-bond acceptors (Lipinski definition) is 5. The van der Waals surface area contributed by atoms with Crippen LogP contribution in [0.3, 0.4) is 0 Å². The molecule has 1 aromatic carbocycles. The lowest BCUT2D eigenvalue weighted by atomic mass is 10.0. The number of anilines is 1. The Morgan fingerprint density at radius 1 is 1.21 bits per heavy atom. The van der Waals surface area contributed by atoms with Crippen molar-refractivity contribution in [3.63, 3.8) is 0 Å². The van der Waals surface area contributed by atoms with E-state index in [1.807, 2.05) is 24.3 Å². The molecule has 0 saturated heterocycles. The lowest BCUT2D eigenvalue weighted by molar-refractivity contribution is 0.0955. The van der Waals surface area contributed by atoms with Crippen LogP contribution in [-0.4, -0.2) is 22.4 Å². The largest absolute Gasteiger partial charge is 0.368 e. The summed E-state index contributed by atoms with van der Waals surface area (Å²) in [6.07, 6.45) is 1.61. The van der Waals surface area contributed by atoms with Gasteiger partial charge in [-0.15, -0.1) is 11.3 Å². The molecule has 6 heteroatoms. The summed E-state index contributed by atoms with van der Waals surface area (Å²) < 4.78 is 0. The first-order valence-electron chi connectivity index (χ1n) is 7.65. The van der Waals surface area contributed by atoms with Crippen LogP contribution in [0.15, 0.2) is 54.7 Å². The number of nitrogen functional groups attached to an aromatic ring is 1. The topological polar surface area (TPSA) is 80.9 Å². The van der Waals surface area contributed by atoms with Crippen LogP contribution in [-0.2, 0) is 0 Å². The maximum atomic E-state index is 12.3. The highest BCUT2D eigenvalue weighted by molar-refractivity contribution is 7.17. The SMILES string of the molecule is C[C@H](CNC(=O)c1ccc(-c2ccnc(N)n2)s1)c1ccccc1. The van der Waals surface area contributed by atoms with Gasteiger partial charge in [0.1, 0.15) is 0 Å². The number of carbonyl (C=O) groups is 1. The van der Waals surface area contributed by atoms with Gasteiger partial charge in [-0.2, -0.15) is 0 Å². The van der Waals surface area contributed by atoms with Gasteiger partial charge in [-0.25, -0.2) is 9.97 Å². The van der Waals surface area contributed by atoms with Crippen LogP contribution < -0.4 is 11.1 Å². The predicted molar refractivity (Wildman–Crippen MR) is 96.9 cm³/mol. The smallest absolute Gasteiger partial charge is 0.261 e. The van der Waals surface area contributed by atoms with Gasteiger partial charge in [-0.1, -0.05) is 37.3 Å². The highest BCUT2D eigenvalue weighted by Gasteiger charge is 2.13. The van der Waals surface area contributed by atoms with Gasteiger partial charge >= 0.3 is 0 Å². The van der Waals surface area contributed by atoms with Crippen molar-refractivity contribution >= 4 is 23.2 Å². The van der Waals surface area contributed by atoms with Crippen molar-refractivity contribution in [3.8, 4) is 10.6 Å². The van der Waals surface area contributed by atoms with Crippen LogP contribution in [0.2, 0.25) is 0 Å². The quantitative estimate of drug-likeness (QED) is 0.748. The summed E-state index contributed by atoms with van der Waals surface area (Å²) in [6.45, 7) is 2.69. The summed E-state index contributed by atoms with van der Waals surface area (Å²) in [4.78, 5) is 21.9. The van der Waals surface area contributed by atoms with E-state index < -0.39 is 0 Å². The summed E-state index contributed by atoms with van der Waals surface area (Å²) in [7, 11) is 0. The molecule has 0 fully saturated rings. The van der Waals surface area contributed by atoms with Crippen molar-refractivity contribution in [3.05, 3.63) is 65.2 Å². The molecule has 2 aromatic heterocycles. The van der Waals surface area contributed by atoms with Gasteiger partial charge in [0.05, 0.1) is 15.4 Å². The molecule has 0 radical (unpaired) electrons. The number of rotatable bonds is 5. The standard InChI is InChI=1S/C18H18N4OS/c1-12(13-5-3-2-4-6-13)11-21-17(23)16-8-7-15(24-16)14-9-10-20-18(19)22-14/h2-10,12H,11H2,1H3,(H,21,23)(H2,19,20,22)/t12-/m1/s1. The van der Waals surface area contributed by atoms with E-state index >= 15 is 0 Å². The van der Waals surface area contributed by atoms with Crippen molar-refractivity contribution in [2.45, 2.75) is 12.8 Å². The molecule has 0 aliphatic rings. The molecule has 3 N–H and O–H groups in total. The molecule has 0 saturated carbocycles. The average Bonchev–Trinajstić information content (AvgIpc) is 3.10. The minimum absolute atomic E-state index is 0.0731. The van der Waals surface area contributed by atoms with E-state index in [9.17, 15) is 4.79 Å². The molecule has 3 rings (SSSR count). The third-order valence-electron chi connectivity index (χ3n) is 3.69. The van der Waals surface area contributed by atoms with E-state index in [2.05, 4.69) is 34.3 Å². The fourth-order valence-corrected chi connectivity index (χ4v) is 3.23. The van der Waals surface area contributed by atoms with Gasteiger partial charge in [0.2, 0.25) is 5.95 Å². The number of hydrogen-bond donors (Lipinski definition) is 2. The molecule has 0 bridgehead atoms. The second-order valence-corrected chi connectivity index (χ2v) is 6.57. The zero-order chi connectivity index (χ0) is 16.9. The van der Waals surface area contributed by atoms with Gasteiger partial charge in [0.25, 0.3) is 5.91 Å². The molecule has 0 aliphatic heterocycles. The van der Waals surface area contributed by atoms with Crippen LogP contribution >= 0.6 is 11.3 Å². The Bertz CT molecular complexity index is 832. The van der Waals surface area contributed by atoms with Crippen LogP contribution in [0, 0.1) is 0 Å². The van der Waals surface area contributed by atoms with Gasteiger partial charge in [-0.05, 0) is 29.7 Å². The Morgan fingerprint density at radius 3 is 2.75 bits per heavy atom. The van der Waals surface area contributed by atoms with E-state index in [0.717, 1.165) is 10.6 Å². The zero-order valence-corrected chi connectivity index (χ0v) is 14.1. The second-order valence-electron chi connectivity index (χ2n) is 5.49. The first-order chi connectivity index (χ1) is 11.6. The zero-order valence-electron chi connectivity index (χ0n) is 13.3. The first kappa shape index (κ1) is 16.1. The second kappa shape index (κ2) is 7.23. The van der Waals surface area contributed by atoms with E-state index in [-0.39, 0.29) is 17.8 Å². The third kappa shape index (κ3) is 3.78. The molecular weight excluding hydrogens is 320 g/mol. The molecule has 1 atom stereocenters. The summed E-state index contributed by atoms with van der Waals surface area (Å²) in [5.74, 6) is 0.413. The number of aromatic nitrogens is 2. The molecule has 2 heterocycles. The van der Waals surface area contributed by atoms with Crippen molar-refractivity contribution in [1.82, 2.24) is 15.3 Å². The van der Waals surface area contributed by atoms with Gasteiger partial charge < -0.3 is 11.1 Å². The minimum Gasteiger partial charge on any atom is -0.368 e. The first-order valence-corrected chi connectivity index (χ1v) is 8.47. The average molecular weight is 338 g/mol. The number of nitrogens with zero attached hydrogens (tertiary/aromatic N) is 2. The van der Waals surface area contributed by atoms with Crippen molar-refractivity contribution < 1.29 is 4.79 Å². The molecule has 5 nitrogen and oxygen atoms in total. The molecule has 0 spiro atoms. The van der Waals surface area contributed by atoms with Crippen molar-refractivity contribution in [1.29, 1.82) is 0 Å². The van der Waals surface area contributed by atoms with Crippen molar-refractivity contribution in [2.24, 2.45) is 0 Å². The van der Waals surface area contributed by atoms with E-state index in [1.54, 1.807) is 18.3 Å². The number of amides is 1. The number of thiophene rings is 1. The number of nitrogens with one attached hydrogen (secondary N) is 1. The van der Waals surface area contributed by atoms with Crippen LogP contribution in [0.25, 0.3) is 10.6 Å². The van der Waals surface area contributed by atoms with E-state index in [1.165, 1.54) is 16.9 Å². The Hall–Kier alpha value is -2.73. The number of benzene rings is 1. The Morgan fingerprint density at radius 2 is 2.00 bits per heavy atom. The van der Waals surface area contributed by atoms with E-state index in [0.29, 0.717) is 11.4 Å². The number of nitrogens with two attached hydrogens (primary N) is 1. The minimum atomic E-state index is -0.0731. The molecule has 1 amide bonds. The molecule has 122 valence electrons. The van der Waals surface area contributed by atoms with Crippen LogP contribution in [0.1, 0.15) is 28.1 Å². The summed E-state index contributed by atoms with van der Waals surface area (Å²) >= 11 is 1.39. The van der Waals surface area contributed by atoms with Crippen molar-refractivity contribution in [2.75, 3.05) is 12.3 Å². The summed E-state index contributed by atoms with van der Waals surface area (Å²) in [5.41, 5.74) is 7.54. The number of carbonyl (C=O) groups excluding carboxylic acids is 1. The van der Waals surface area contributed by atoms with Gasteiger partial charge in [-0.3, -0.25) is 4.79 Å². The highest BCUT2D eigenvalue weighted by Crippen LogP contribution is 2.26. The molecule has 3 aromatic rings. The van der Waals surface area contributed by atoms with E-state index in [4.69, 9.17) is 5.73 Å². The fraction of sp³-hybridized carbons (Fsp3) is 0.167. The summed E-state index contributed by atoms with van der Waals surface area (Å²) in [5, 5.41) is 2.99. The fourth-order valence-electron chi connectivity index (χ4n) is 2.34. The maximum absolute atomic E-state index is 12.3. The lowest BCUT2D eigenvalue weighted by Crippen LogP contribution is -2.26. The molecule has 0 unspecified atom stereocenters. The monoisotopic (exact) mass is 338 g/mol. The van der Waals surface area contributed by atoms with Gasteiger partial charge in [0.15, 0.2) is 0 Å². The lowest BCUT2D eigenvalue weighted by Gasteiger charge is -2.12. The van der Waals surface area contributed by atoms with Gasteiger partial charge in [0, 0.05) is 12.7 Å². The van der Waals surface area contributed by atoms with Crippen LogP contribution in [0.4, 0.5) is 5.95 Å². The molecule has 24 heavy (non-hydrogen) atoms. The Kier molecular flexibility index (Phi) is 4.86. The Balaban J connectivity index is 1.64. The third-order valence-corrected chi connectivity index (χ3v) is 4.80. The highest BCUT2D eigenvalue weighted by atomic mass is 32.1. The summed E-state index contributed by atoms with van der Waals surface area (Å²) in [6, 6.07) is 15.6. The normalized spacial score (nSPS) is 11.9. The molecule has 0 aliphatic carbocycles. The predicted octanol–water partition coefficient (Wildman–Crippen LogP) is 3.32. The Labute approximate surface area is 144 Å². The molecular formula is C18H18N4OS. The maximum Gasteiger partial charge on any atom is 0.261 e.